The van der Waals surface area contributed by atoms with Crippen molar-refractivity contribution in [2.24, 2.45) is 5.41 Å². The molecule has 0 aliphatic carbocycles. The van der Waals surface area contributed by atoms with E-state index < -0.39 is 0 Å². The number of benzene rings is 1. The van der Waals surface area contributed by atoms with Crippen LogP contribution in [0.4, 0.5) is 0 Å². The fraction of sp³-hybridized carbons (Fsp3) is 0.562. The topological polar surface area (TPSA) is 33.0 Å². The maximum atomic E-state index is 8.76. The lowest BCUT2D eigenvalue weighted by molar-refractivity contribution is 0.143. The minimum Gasteiger partial charge on any atom is -0.493 e. The third-order valence-corrected chi connectivity index (χ3v) is 4.10. The number of nitriles is 1. The molecule has 104 valence electrons. The van der Waals surface area contributed by atoms with E-state index in [-0.39, 0.29) is 5.41 Å². The molecule has 0 bridgehead atoms. The van der Waals surface area contributed by atoms with Crippen molar-refractivity contribution >= 4 is 12.6 Å². The fourth-order valence-corrected chi connectivity index (χ4v) is 2.80. The van der Waals surface area contributed by atoms with Crippen molar-refractivity contribution in [1.82, 2.24) is 0 Å². The highest BCUT2D eigenvalue weighted by molar-refractivity contribution is 7.80. The van der Waals surface area contributed by atoms with Gasteiger partial charge in [-0.05, 0) is 42.9 Å². The van der Waals surface area contributed by atoms with E-state index in [1.807, 2.05) is 12.1 Å². The van der Waals surface area contributed by atoms with Crippen molar-refractivity contribution in [3.05, 3.63) is 29.8 Å². The highest BCUT2D eigenvalue weighted by atomic mass is 32.1. The van der Waals surface area contributed by atoms with Gasteiger partial charge >= 0.3 is 0 Å². The smallest absolute Gasteiger partial charge is 0.119 e. The fourth-order valence-electron chi connectivity index (χ4n) is 2.40. The van der Waals surface area contributed by atoms with Gasteiger partial charge in [0.1, 0.15) is 5.75 Å². The molecule has 0 spiro atoms. The molecule has 0 amide bonds. The largest absolute Gasteiger partial charge is 0.493 e. The molecule has 0 radical (unpaired) electrons. The normalized spacial score (nSPS) is 11.1. The Bertz CT molecular complexity index is 402. The van der Waals surface area contributed by atoms with Crippen LogP contribution in [-0.2, 0) is 0 Å². The molecular weight excluding hydrogens is 254 g/mol. The Balaban J connectivity index is 2.66. The standard InChI is InChI=1S/C16H23NOS/c1-3-9-16(13-19,10-4-2)12-18-15-7-5-14(11-17)6-8-15/h5-8,19H,3-4,9-10,12-13H2,1-2H3. The summed E-state index contributed by atoms with van der Waals surface area (Å²) in [5.41, 5.74) is 0.829. The average molecular weight is 277 g/mol. The number of nitrogens with zero attached hydrogens (tertiary/aromatic N) is 1. The van der Waals surface area contributed by atoms with Gasteiger partial charge in [0.15, 0.2) is 0 Å². The minimum absolute atomic E-state index is 0.167. The molecule has 0 saturated carbocycles. The number of hydrogen-bond donors (Lipinski definition) is 1. The zero-order valence-electron chi connectivity index (χ0n) is 11.9. The van der Waals surface area contributed by atoms with Crippen molar-refractivity contribution in [3.8, 4) is 11.8 Å². The second kappa shape index (κ2) is 8.12. The summed E-state index contributed by atoms with van der Waals surface area (Å²) in [7, 11) is 0. The zero-order chi connectivity index (χ0) is 14.1. The van der Waals surface area contributed by atoms with Gasteiger partial charge in [-0.15, -0.1) is 0 Å². The Hall–Kier alpha value is -1.14. The first-order chi connectivity index (χ1) is 9.19. The molecule has 0 heterocycles. The van der Waals surface area contributed by atoms with Crippen LogP contribution in [0.2, 0.25) is 0 Å². The summed E-state index contributed by atoms with van der Waals surface area (Å²) >= 11 is 4.52. The number of hydrogen-bond acceptors (Lipinski definition) is 3. The molecule has 3 heteroatoms. The maximum Gasteiger partial charge on any atom is 0.119 e. The molecule has 2 nitrogen and oxygen atoms in total. The van der Waals surface area contributed by atoms with E-state index in [4.69, 9.17) is 10.00 Å². The van der Waals surface area contributed by atoms with Crippen molar-refractivity contribution in [3.63, 3.8) is 0 Å². The second-order valence-corrected chi connectivity index (χ2v) is 5.40. The second-order valence-electron chi connectivity index (χ2n) is 5.08. The molecule has 0 fully saturated rings. The van der Waals surface area contributed by atoms with Crippen molar-refractivity contribution in [2.45, 2.75) is 39.5 Å². The van der Waals surface area contributed by atoms with Gasteiger partial charge in [0.05, 0.1) is 18.2 Å². The lowest BCUT2D eigenvalue weighted by atomic mass is 9.82. The molecule has 0 aromatic heterocycles. The van der Waals surface area contributed by atoms with Crippen LogP contribution < -0.4 is 4.74 Å². The van der Waals surface area contributed by atoms with Crippen LogP contribution in [0.3, 0.4) is 0 Å². The van der Waals surface area contributed by atoms with Crippen LogP contribution in [0, 0.1) is 16.7 Å². The zero-order valence-corrected chi connectivity index (χ0v) is 12.7. The van der Waals surface area contributed by atoms with Gasteiger partial charge in [-0.2, -0.15) is 17.9 Å². The Morgan fingerprint density at radius 2 is 1.74 bits per heavy atom. The number of rotatable bonds is 8. The Labute approximate surface area is 122 Å². The van der Waals surface area contributed by atoms with Gasteiger partial charge in [0, 0.05) is 5.41 Å². The summed E-state index contributed by atoms with van der Waals surface area (Å²) in [6.45, 7) is 5.11. The van der Waals surface area contributed by atoms with E-state index in [0.717, 1.165) is 37.2 Å². The van der Waals surface area contributed by atoms with Crippen molar-refractivity contribution in [2.75, 3.05) is 12.4 Å². The number of ether oxygens (including phenoxy) is 1. The molecule has 1 aromatic rings. The summed E-state index contributed by atoms with van der Waals surface area (Å²) in [6, 6.07) is 9.41. The predicted octanol–water partition coefficient (Wildman–Crippen LogP) is 4.45. The molecule has 0 N–H and O–H groups in total. The lowest BCUT2D eigenvalue weighted by Gasteiger charge is -2.31. The summed E-state index contributed by atoms with van der Waals surface area (Å²) < 4.78 is 5.91. The third-order valence-electron chi connectivity index (χ3n) is 3.42. The average Bonchev–Trinajstić information content (AvgIpc) is 2.46. The van der Waals surface area contributed by atoms with Gasteiger partial charge in [0.25, 0.3) is 0 Å². The summed E-state index contributed by atoms with van der Waals surface area (Å²) in [4.78, 5) is 0. The lowest BCUT2D eigenvalue weighted by Crippen LogP contribution is -2.30. The van der Waals surface area contributed by atoms with E-state index >= 15 is 0 Å². The van der Waals surface area contributed by atoms with Crippen LogP contribution >= 0.6 is 12.6 Å². The highest BCUT2D eigenvalue weighted by Crippen LogP contribution is 2.32. The van der Waals surface area contributed by atoms with Crippen LogP contribution in [-0.4, -0.2) is 12.4 Å². The monoisotopic (exact) mass is 277 g/mol. The molecule has 0 atom stereocenters. The van der Waals surface area contributed by atoms with Crippen LogP contribution in [0.25, 0.3) is 0 Å². The predicted molar refractivity (Wildman–Crippen MR) is 82.8 cm³/mol. The maximum absolute atomic E-state index is 8.76. The SMILES string of the molecule is CCCC(CS)(CCC)COc1ccc(C#N)cc1. The van der Waals surface area contributed by atoms with Crippen molar-refractivity contribution in [1.29, 1.82) is 5.26 Å². The molecule has 0 aliphatic heterocycles. The molecule has 0 unspecified atom stereocenters. The third kappa shape index (κ3) is 4.80. The molecule has 19 heavy (non-hydrogen) atoms. The van der Waals surface area contributed by atoms with E-state index in [2.05, 4.69) is 32.5 Å². The first-order valence-corrected chi connectivity index (χ1v) is 7.56. The van der Waals surface area contributed by atoms with Gasteiger partial charge < -0.3 is 4.74 Å². The van der Waals surface area contributed by atoms with E-state index in [0.29, 0.717) is 12.2 Å². The van der Waals surface area contributed by atoms with Crippen LogP contribution in [0.5, 0.6) is 5.75 Å². The van der Waals surface area contributed by atoms with Crippen LogP contribution in [0.15, 0.2) is 24.3 Å². The molecule has 1 aromatic carbocycles. The Morgan fingerprint density at radius 3 is 2.16 bits per heavy atom. The Morgan fingerprint density at radius 1 is 1.16 bits per heavy atom. The van der Waals surface area contributed by atoms with Crippen LogP contribution in [0.1, 0.15) is 45.1 Å². The summed E-state index contributed by atoms with van der Waals surface area (Å²) in [5, 5.41) is 8.76. The minimum atomic E-state index is 0.167. The first-order valence-electron chi connectivity index (χ1n) is 6.93. The van der Waals surface area contributed by atoms with Gasteiger partial charge in [-0.3, -0.25) is 0 Å². The van der Waals surface area contributed by atoms with Crippen molar-refractivity contribution < 1.29 is 4.74 Å². The molecular formula is C16H23NOS. The number of thiol groups is 1. The van der Waals surface area contributed by atoms with Gasteiger partial charge in [-0.1, -0.05) is 26.7 Å². The quantitative estimate of drug-likeness (QED) is 0.712. The van der Waals surface area contributed by atoms with Gasteiger partial charge in [0.2, 0.25) is 0 Å². The molecule has 0 saturated heterocycles. The highest BCUT2D eigenvalue weighted by Gasteiger charge is 2.27. The summed E-state index contributed by atoms with van der Waals surface area (Å²) in [6.07, 6.45) is 4.58. The van der Waals surface area contributed by atoms with E-state index in [1.54, 1.807) is 12.1 Å². The first kappa shape index (κ1) is 15.9. The van der Waals surface area contributed by atoms with E-state index in [9.17, 15) is 0 Å². The van der Waals surface area contributed by atoms with Gasteiger partial charge in [-0.25, -0.2) is 0 Å². The molecule has 0 aliphatic rings. The molecule has 1 rings (SSSR count). The summed E-state index contributed by atoms with van der Waals surface area (Å²) in [5.74, 6) is 1.68. The van der Waals surface area contributed by atoms with E-state index in [1.165, 1.54) is 0 Å². The Kier molecular flexibility index (Phi) is 6.80.